The van der Waals surface area contributed by atoms with E-state index in [0.29, 0.717) is 13.0 Å². The second kappa shape index (κ2) is 5.67. The van der Waals surface area contributed by atoms with Gasteiger partial charge in [-0.1, -0.05) is 35.9 Å². The molecule has 0 radical (unpaired) electrons. The maximum Gasteiger partial charge on any atom is 0.315 e. The summed E-state index contributed by atoms with van der Waals surface area (Å²) in [6.45, 7) is 9.86. The monoisotopic (exact) mass is 232 g/mol. The molecule has 0 heterocycles. The lowest BCUT2D eigenvalue weighted by molar-refractivity contribution is -0.151. The van der Waals surface area contributed by atoms with E-state index < -0.39 is 5.41 Å². The van der Waals surface area contributed by atoms with Gasteiger partial charge >= 0.3 is 5.97 Å². The fraction of sp³-hybridized carbons (Fsp3) is 0.400. The Morgan fingerprint density at radius 1 is 1.41 bits per heavy atom. The Balaban J connectivity index is 2.85. The minimum atomic E-state index is -0.648. The summed E-state index contributed by atoms with van der Waals surface area (Å²) in [5.41, 5.74) is 1.68. The van der Waals surface area contributed by atoms with Crippen molar-refractivity contribution in [2.24, 2.45) is 5.41 Å². The average molecular weight is 232 g/mol. The minimum Gasteiger partial charge on any atom is -0.465 e. The molecule has 92 valence electrons. The maximum atomic E-state index is 11.9. The molecule has 0 amide bonds. The van der Waals surface area contributed by atoms with Crippen LogP contribution in [0.15, 0.2) is 36.9 Å². The first kappa shape index (κ1) is 13.5. The second-order valence-corrected chi connectivity index (χ2v) is 4.50. The van der Waals surface area contributed by atoms with Crippen molar-refractivity contribution in [2.45, 2.75) is 27.2 Å². The highest BCUT2D eigenvalue weighted by molar-refractivity contribution is 5.79. The summed E-state index contributed by atoms with van der Waals surface area (Å²) in [5.74, 6) is -0.212. The summed E-state index contributed by atoms with van der Waals surface area (Å²) in [6, 6.07) is 8.17. The molecule has 0 aliphatic carbocycles. The Hall–Kier alpha value is -1.57. The second-order valence-electron chi connectivity index (χ2n) is 4.50. The van der Waals surface area contributed by atoms with Crippen LogP contribution in [0.25, 0.3) is 0 Å². The van der Waals surface area contributed by atoms with Crippen molar-refractivity contribution >= 4 is 5.97 Å². The van der Waals surface area contributed by atoms with Crippen LogP contribution in [0.5, 0.6) is 0 Å². The topological polar surface area (TPSA) is 26.3 Å². The van der Waals surface area contributed by atoms with Crippen LogP contribution in [0.2, 0.25) is 0 Å². The SMILES string of the molecule is C=CC(C)(Cc1ccc(C)cc1)C(=O)OCC. The predicted molar refractivity (Wildman–Crippen MR) is 69.8 cm³/mol. The van der Waals surface area contributed by atoms with Crippen molar-refractivity contribution < 1.29 is 9.53 Å². The zero-order valence-electron chi connectivity index (χ0n) is 10.8. The Kier molecular flexibility index (Phi) is 4.50. The standard InChI is InChI=1S/C15H20O2/c1-5-15(4,14(16)17-6-2)11-13-9-7-12(3)8-10-13/h5,7-10H,1,6,11H2,2-4H3. The van der Waals surface area contributed by atoms with Gasteiger partial charge in [-0.2, -0.15) is 0 Å². The molecular weight excluding hydrogens is 212 g/mol. The van der Waals surface area contributed by atoms with Gasteiger partial charge in [0.1, 0.15) is 0 Å². The summed E-state index contributed by atoms with van der Waals surface area (Å²) >= 11 is 0. The van der Waals surface area contributed by atoms with E-state index in [2.05, 4.69) is 6.58 Å². The van der Waals surface area contributed by atoms with Crippen LogP contribution < -0.4 is 0 Å². The average Bonchev–Trinajstić information content (AvgIpc) is 2.32. The molecule has 1 aromatic carbocycles. The van der Waals surface area contributed by atoms with Crippen molar-refractivity contribution in [1.29, 1.82) is 0 Å². The molecular formula is C15H20O2. The molecule has 0 aliphatic heterocycles. The quantitative estimate of drug-likeness (QED) is 0.575. The number of hydrogen-bond acceptors (Lipinski definition) is 2. The molecule has 1 unspecified atom stereocenters. The number of esters is 1. The van der Waals surface area contributed by atoms with E-state index in [0.717, 1.165) is 5.56 Å². The van der Waals surface area contributed by atoms with E-state index in [4.69, 9.17) is 4.74 Å². The number of ether oxygens (including phenoxy) is 1. The number of rotatable bonds is 5. The predicted octanol–water partition coefficient (Wildman–Crippen LogP) is 3.29. The molecule has 0 aromatic heterocycles. The van der Waals surface area contributed by atoms with Gasteiger partial charge in [0, 0.05) is 0 Å². The van der Waals surface area contributed by atoms with Crippen molar-refractivity contribution in [1.82, 2.24) is 0 Å². The van der Waals surface area contributed by atoms with Crippen molar-refractivity contribution in [3.8, 4) is 0 Å². The number of aryl methyl sites for hydroxylation is 1. The first-order valence-corrected chi connectivity index (χ1v) is 5.88. The molecule has 0 bridgehead atoms. The molecule has 0 saturated heterocycles. The van der Waals surface area contributed by atoms with E-state index in [1.54, 1.807) is 6.08 Å². The van der Waals surface area contributed by atoms with Crippen molar-refractivity contribution in [3.05, 3.63) is 48.0 Å². The zero-order chi connectivity index (χ0) is 12.9. The smallest absolute Gasteiger partial charge is 0.315 e. The Morgan fingerprint density at radius 3 is 2.47 bits per heavy atom. The van der Waals surface area contributed by atoms with Gasteiger partial charge in [0.15, 0.2) is 0 Å². The fourth-order valence-electron chi connectivity index (χ4n) is 1.65. The van der Waals surface area contributed by atoms with Crippen LogP contribution in [-0.2, 0) is 16.0 Å². The summed E-state index contributed by atoms with van der Waals surface area (Å²) in [4.78, 5) is 11.9. The normalized spacial score (nSPS) is 13.8. The maximum absolute atomic E-state index is 11.9. The number of hydrogen-bond donors (Lipinski definition) is 0. The zero-order valence-corrected chi connectivity index (χ0v) is 10.8. The molecule has 0 spiro atoms. The van der Waals surface area contributed by atoms with E-state index in [9.17, 15) is 4.79 Å². The van der Waals surface area contributed by atoms with Gasteiger partial charge < -0.3 is 4.74 Å². The van der Waals surface area contributed by atoms with E-state index >= 15 is 0 Å². The van der Waals surface area contributed by atoms with Gasteiger partial charge in [0.05, 0.1) is 12.0 Å². The third kappa shape index (κ3) is 3.45. The van der Waals surface area contributed by atoms with E-state index in [1.807, 2.05) is 45.0 Å². The lowest BCUT2D eigenvalue weighted by atomic mass is 9.83. The summed E-state index contributed by atoms with van der Waals surface area (Å²) in [7, 11) is 0. The van der Waals surface area contributed by atoms with Gasteiger partial charge in [0.25, 0.3) is 0 Å². The molecule has 0 N–H and O–H groups in total. The molecule has 2 heteroatoms. The molecule has 0 saturated carbocycles. The van der Waals surface area contributed by atoms with Gasteiger partial charge in [-0.15, -0.1) is 6.58 Å². The van der Waals surface area contributed by atoms with Crippen LogP contribution in [0.1, 0.15) is 25.0 Å². The van der Waals surface area contributed by atoms with Gasteiger partial charge in [-0.05, 0) is 32.8 Å². The third-order valence-corrected chi connectivity index (χ3v) is 2.88. The highest BCUT2D eigenvalue weighted by Gasteiger charge is 2.31. The van der Waals surface area contributed by atoms with Crippen LogP contribution in [-0.4, -0.2) is 12.6 Å². The first-order chi connectivity index (χ1) is 8.01. The van der Waals surface area contributed by atoms with Crippen LogP contribution >= 0.6 is 0 Å². The summed E-state index contributed by atoms with van der Waals surface area (Å²) < 4.78 is 5.08. The van der Waals surface area contributed by atoms with Gasteiger partial charge in [-0.3, -0.25) is 4.79 Å². The number of benzene rings is 1. The number of carbonyl (C=O) groups excluding carboxylic acids is 1. The van der Waals surface area contributed by atoms with Gasteiger partial charge in [-0.25, -0.2) is 0 Å². The molecule has 1 atom stereocenters. The van der Waals surface area contributed by atoms with Crippen LogP contribution in [0.4, 0.5) is 0 Å². The lowest BCUT2D eigenvalue weighted by Gasteiger charge is -2.23. The largest absolute Gasteiger partial charge is 0.465 e. The summed E-state index contributed by atoms with van der Waals surface area (Å²) in [5, 5.41) is 0. The van der Waals surface area contributed by atoms with E-state index in [1.165, 1.54) is 5.56 Å². The van der Waals surface area contributed by atoms with Gasteiger partial charge in [0.2, 0.25) is 0 Å². The van der Waals surface area contributed by atoms with Crippen molar-refractivity contribution in [3.63, 3.8) is 0 Å². The Labute approximate surface area is 103 Å². The first-order valence-electron chi connectivity index (χ1n) is 5.88. The molecule has 0 aliphatic rings. The Bertz CT molecular complexity index is 392. The third-order valence-electron chi connectivity index (χ3n) is 2.88. The van der Waals surface area contributed by atoms with Crippen LogP contribution in [0, 0.1) is 12.3 Å². The summed E-state index contributed by atoms with van der Waals surface area (Å²) in [6.07, 6.45) is 2.29. The Morgan fingerprint density at radius 2 is 2.00 bits per heavy atom. The number of carbonyl (C=O) groups is 1. The van der Waals surface area contributed by atoms with Crippen molar-refractivity contribution in [2.75, 3.05) is 6.61 Å². The fourth-order valence-corrected chi connectivity index (χ4v) is 1.65. The van der Waals surface area contributed by atoms with E-state index in [-0.39, 0.29) is 5.97 Å². The minimum absolute atomic E-state index is 0.212. The molecule has 1 rings (SSSR count). The highest BCUT2D eigenvalue weighted by atomic mass is 16.5. The lowest BCUT2D eigenvalue weighted by Crippen LogP contribution is -2.30. The molecule has 2 nitrogen and oxygen atoms in total. The van der Waals surface area contributed by atoms with Crippen LogP contribution in [0.3, 0.4) is 0 Å². The molecule has 17 heavy (non-hydrogen) atoms. The molecule has 0 fully saturated rings. The molecule has 1 aromatic rings. The highest BCUT2D eigenvalue weighted by Crippen LogP contribution is 2.25.